The Hall–Kier alpha value is -2.11. The Labute approximate surface area is 155 Å². The van der Waals surface area contributed by atoms with E-state index < -0.39 is 0 Å². The van der Waals surface area contributed by atoms with Gasteiger partial charge in [0.2, 0.25) is 11.9 Å². The van der Waals surface area contributed by atoms with Gasteiger partial charge in [0.05, 0.1) is 0 Å². The van der Waals surface area contributed by atoms with Crippen molar-refractivity contribution in [3.63, 3.8) is 0 Å². The lowest BCUT2D eigenvalue weighted by Gasteiger charge is -2.32. The average molecular weight is 355 g/mol. The van der Waals surface area contributed by atoms with Crippen molar-refractivity contribution in [3.05, 3.63) is 23.9 Å². The number of piperidine rings is 1. The third-order valence-corrected chi connectivity index (χ3v) is 6.00. The first-order chi connectivity index (χ1) is 12.7. The summed E-state index contributed by atoms with van der Waals surface area (Å²) in [5.74, 6) is 1.94. The lowest BCUT2D eigenvalue weighted by Crippen LogP contribution is -2.45. The molecule has 1 saturated heterocycles. The van der Waals surface area contributed by atoms with Crippen molar-refractivity contribution in [2.45, 2.75) is 64.3 Å². The van der Waals surface area contributed by atoms with Crippen LogP contribution in [0.5, 0.6) is 0 Å². The fraction of sp³-hybridized carbons (Fsp3) is 0.650. The minimum Gasteiger partial charge on any atom is -0.353 e. The van der Waals surface area contributed by atoms with E-state index >= 15 is 0 Å². The number of carbonyl (C=O) groups is 1. The van der Waals surface area contributed by atoms with Crippen LogP contribution in [0.3, 0.4) is 0 Å². The Kier molecular flexibility index (Phi) is 5.09. The van der Waals surface area contributed by atoms with Gasteiger partial charge in [0.25, 0.3) is 0 Å². The monoisotopic (exact) mass is 355 g/mol. The Balaban J connectivity index is 1.29. The van der Waals surface area contributed by atoms with Gasteiger partial charge in [-0.1, -0.05) is 31.7 Å². The van der Waals surface area contributed by atoms with E-state index in [1.165, 1.54) is 25.7 Å². The maximum atomic E-state index is 12.2. The highest BCUT2D eigenvalue weighted by molar-refractivity contribution is 5.76. The summed E-state index contributed by atoms with van der Waals surface area (Å²) in [7, 11) is 0. The van der Waals surface area contributed by atoms with Gasteiger partial charge in [0.15, 0.2) is 5.65 Å². The molecule has 1 N–H and O–H groups in total. The molecule has 2 fully saturated rings. The van der Waals surface area contributed by atoms with Crippen molar-refractivity contribution in [2.24, 2.45) is 5.92 Å². The van der Waals surface area contributed by atoms with E-state index in [1.807, 2.05) is 12.1 Å². The van der Waals surface area contributed by atoms with Crippen molar-refractivity contribution in [3.8, 4) is 0 Å². The minimum atomic E-state index is 0.235. The number of nitrogens with zero attached hydrogens (tertiary/aromatic N) is 4. The van der Waals surface area contributed by atoms with E-state index in [0.717, 1.165) is 55.6 Å². The van der Waals surface area contributed by atoms with Crippen LogP contribution in [0.15, 0.2) is 18.2 Å². The molecule has 1 saturated carbocycles. The summed E-state index contributed by atoms with van der Waals surface area (Å²) < 4.78 is 2.11. The van der Waals surface area contributed by atoms with Gasteiger partial charge in [-0.05, 0) is 44.2 Å². The van der Waals surface area contributed by atoms with Crippen molar-refractivity contribution >= 4 is 17.5 Å². The molecule has 0 radical (unpaired) electrons. The molecule has 2 aromatic heterocycles. The topological polar surface area (TPSA) is 62.5 Å². The predicted molar refractivity (Wildman–Crippen MR) is 102 cm³/mol. The summed E-state index contributed by atoms with van der Waals surface area (Å²) >= 11 is 0. The average Bonchev–Trinajstić information content (AvgIpc) is 3.31. The molecule has 0 unspecified atom stereocenters. The van der Waals surface area contributed by atoms with Crippen LogP contribution in [0, 0.1) is 12.8 Å². The number of fused-ring (bicyclic) bond motifs is 1. The summed E-state index contributed by atoms with van der Waals surface area (Å²) in [6.45, 7) is 3.89. The van der Waals surface area contributed by atoms with E-state index in [0.29, 0.717) is 12.5 Å². The summed E-state index contributed by atoms with van der Waals surface area (Å²) in [4.78, 5) is 14.5. The van der Waals surface area contributed by atoms with Gasteiger partial charge in [-0.3, -0.25) is 9.20 Å². The fourth-order valence-corrected chi connectivity index (χ4v) is 4.44. The third kappa shape index (κ3) is 3.69. The van der Waals surface area contributed by atoms with Crippen molar-refractivity contribution < 1.29 is 4.79 Å². The van der Waals surface area contributed by atoms with Crippen molar-refractivity contribution in [1.82, 2.24) is 19.9 Å². The first-order valence-corrected chi connectivity index (χ1v) is 10.1. The van der Waals surface area contributed by atoms with Crippen LogP contribution in [-0.2, 0) is 4.79 Å². The number of hydrogen-bond acceptors (Lipinski definition) is 4. The van der Waals surface area contributed by atoms with E-state index in [2.05, 4.69) is 37.8 Å². The summed E-state index contributed by atoms with van der Waals surface area (Å²) in [6, 6.07) is 6.37. The van der Waals surface area contributed by atoms with Crippen molar-refractivity contribution in [1.29, 1.82) is 0 Å². The molecule has 3 heterocycles. The van der Waals surface area contributed by atoms with Crippen LogP contribution < -0.4 is 10.2 Å². The van der Waals surface area contributed by atoms with Crippen LogP contribution >= 0.6 is 0 Å². The van der Waals surface area contributed by atoms with Gasteiger partial charge in [0.1, 0.15) is 0 Å². The molecule has 0 aromatic carbocycles. The molecule has 0 atom stereocenters. The number of hydrogen-bond donors (Lipinski definition) is 1. The summed E-state index contributed by atoms with van der Waals surface area (Å²) in [5, 5.41) is 11.9. The van der Waals surface area contributed by atoms with E-state index in [9.17, 15) is 4.79 Å². The maximum absolute atomic E-state index is 12.2. The Bertz CT molecular complexity index is 757. The first kappa shape index (κ1) is 17.3. The van der Waals surface area contributed by atoms with Crippen LogP contribution in [0.2, 0.25) is 0 Å². The number of rotatable bonds is 5. The van der Waals surface area contributed by atoms with Crippen LogP contribution in [0.1, 0.15) is 57.1 Å². The zero-order chi connectivity index (χ0) is 17.9. The predicted octanol–water partition coefficient (Wildman–Crippen LogP) is 3.09. The molecule has 6 heteroatoms. The number of amides is 1. The number of aromatic nitrogens is 3. The van der Waals surface area contributed by atoms with E-state index in [1.54, 1.807) is 0 Å². The van der Waals surface area contributed by atoms with Gasteiger partial charge in [-0.25, -0.2) is 0 Å². The lowest BCUT2D eigenvalue weighted by atomic mass is 10.0. The number of carbonyl (C=O) groups excluding carboxylic acids is 1. The number of aryl methyl sites for hydroxylation is 1. The maximum Gasteiger partial charge on any atom is 0.231 e. The quantitative estimate of drug-likeness (QED) is 0.895. The summed E-state index contributed by atoms with van der Waals surface area (Å²) in [6.07, 6.45) is 9.03. The molecule has 2 aliphatic rings. The normalized spacial score (nSPS) is 19.3. The fourth-order valence-electron chi connectivity index (χ4n) is 4.44. The molecule has 0 spiro atoms. The highest BCUT2D eigenvalue weighted by Gasteiger charge is 2.24. The summed E-state index contributed by atoms with van der Waals surface area (Å²) in [5.41, 5.74) is 2.03. The third-order valence-electron chi connectivity index (χ3n) is 6.00. The van der Waals surface area contributed by atoms with Crippen LogP contribution in [0.25, 0.3) is 5.65 Å². The molecular formula is C20H29N5O. The second kappa shape index (κ2) is 7.64. The smallest absolute Gasteiger partial charge is 0.231 e. The molecule has 2 aromatic rings. The molecule has 26 heavy (non-hydrogen) atoms. The molecule has 0 bridgehead atoms. The van der Waals surface area contributed by atoms with Crippen LogP contribution in [0.4, 0.5) is 5.95 Å². The molecule has 1 aliphatic carbocycles. The zero-order valence-electron chi connectivity index (χ0n) is 15.7. The highest BCUT2D eigenvalue weighted by Crippen LogP contribution is 2.28. The van der Waals surface area contributed by atoms with Gasteiger partial charge < -0.3 is 10.2 Å². The largest absolute Gasteiger partial charge is 0.353 e. The highest BCUT2D eigenvalue weighted by atomic mass is 16.1. The number of anilines is 1. The number of pyridine rings is 1. The standard InChI is InChI=1S/C20H29N5O/c1-15-5-4-8-18-22-23-20(25(15)18)24-13-11-17(12-14-24)21-19(26)10-9-16-6-2-3-7-16/h4-5,8,16-17H,2-3,6-7,9-14H2,1H3,(H,21,26). The van der Waals surface area contributed by atoms with Crippen molar-refractivity contribution in [2.75, 3.05) is 18.0 Å². The van der Waals surface area contributed by atoms with Gasteiger partial charge in [-0.2, -0.15) is 0 Å². The first-order valence-electron chi connectivity index (χ1n) is 10.1. The molecule has 6 nitrogen and oxygen atoms in total. The Morgan fingerprint density at radius 3 is 2.69 bits per heavy atom. The molecular weight excluding hydrogens is 326 g/mol. The van der Waals surface area contributed by atoms with Gasteiger partial charge in [0, 0.05) is 31.2 Å². The zero-order valence-corrected chi connectivity index (χ0v) is 15.7. The van der Waals surface area contributed by atoms with E-state index in [4.69, 9.17) is 0 Å². The Morgan fingerprint density at radius 2 is 1.92 bits per heavy atom. The molecule has 140 valence electrons. The van der Waals surface area contributed by atoms with Gasteiger partial charge in [-0.15, -0.1) is 10.2 Å². The SMILES string of the molecule is Cc1cccc2nnc(N3CCC(NC(=O)CCC4CCCC4)CC3)n12. The van der Waals surface area contributed by atoms with Gasteiger partial charge >= 0.3 is 0 Å². The lowest BCUT2D eigenvalue weighted by molar-refractivity contribution is -0.122. The second-order valence-electron chi connectivity index (χ2n) is 7.88. The van der Waals surface area contributed by atoms with Crippen LogP contribution in [-0.4, -0.2) is 39.6 Å². The van der Waals surface area contributed by atoms with E-state index in [-0.39, 0.29) is 5.91 Å². The molecule has 4 rings (SSSR count). The molecule has 1 aliphatic heterocycles. The Morgan fingerprint density at radius 1 is 1.15 bits per heavy atom. The molecule has 1 amide bonds. The number of nitrogens with one attached hydrogen (secondary N) is 1. The minimum absolute atomic E-state index is 0.235. The second-order valence-corrected chi connectivity index (χ2v) is 7.88.